The quantitative estimate of drug-likeness (QED) is 0.428. The Morgan fingerprint density at radius 2 is 2.08 bits per heavy atom. The number of benzene rings is 1. The molecule has 64 valence electrons. The number of carbonyl (C=O) groups excluding carboxylic acids is 1. The van der Waals surface area contributed by atoms with Gasteiger partial charge in [0.05, 0.1) is 15.1 Å². The molecule has 0 saturated carbocycles. The van der Waals surface area contributed by atoms with E-state index in [1.54, 1.807) is 0 Å². The van der Waals surface area contributed by atoms with Gasteiger partial charge in [-0.15, -0.1) is 0 Å². The zero-order chi connectivity index (χ0) is 9.30. The van der Waals surface area contributed by atoms with Crippen LogP contribution in [0.1, 0.15) is 10.4 Å². The Bertz CT molecular complexity index is 341. The molecule has 1 nitrogen and oxygen atoms in total. The maximum atomic E-state index is 12.9. The zero-order valence-electron chi connectivity index (χ0n) is 5.57. The molecular weight excluding hydrogens is 253 g/mol. The molecule has 0 heterocycles. The molecule has 1 aromatic carbocycles. The Kier molecular flexibility index (Phi) is 2.80. The lowest BCUT2D eigenvalue weighted by molar-refractivity contribution is 0.111. The molecule has 1 aromatic rings. The largest absolute Gasteiger partial charge is 0.298 e. The van der Waals surface area contributed by atoms with E-state index in [2.05, 4.69) is 15.9 Å². The maximum absolute atomic E-state index is 12.9. The molecule has 0 aliphatic heterocycles. The Balaban J connectivity index is 3.51. The minimum absolute atomic E-state index is 0.233. The number of halogens is 4. The summed E-state index contributed by atoms with van der Waals surface area (Å²) in [6, 6.07) is 0.873. The van der Waals surface area contributed by atoms with Gasteiger partial charge in [0, 0.05) is 0 Å². The first-order valence-electron chi connectivity index (χ1n) is 2.86. The normalized spacial score (nSPS) is 10.0. The summed E-state index contributed by atoms with van der Waals surface area (Å²) in [7, 11) is 0. The summed E-state index contributed by atoms with van der Waals surface area (Å²) in [4.78, 5) is 10.2. The number of rotatable bonds is 1. The van der Waals surface area contributed by atoms with Crippen LogP contribution in [-0.2, 0) is 0 Å². The molecule has 0 atom stereocenters. The molecule has 1 rings (SSSR count). The fourth-order valence-electron chi connectivity index (χ4n) is 0.688. The molecule has 0 fully saturated rings. The van der Waals surface area contributed by atoms with Gasteiger partial charge in [-0.05, 0) is 22.0 Å². The van der Waals surface area contributed by atoms with E-state index < -0.39 is 11.6 Å². The van der Waals surface area contributed by atoms with Crippen molar-refractivity contribution in [3.05, 3.63) is 32.8 Å². The molecule has 0 N–H and O–H groups in total. The van der Waals surface area contributed by atoms with Crippen LogP contribution in [0, 0.1) is 11.6 Å². The second kappa shape index (κ2) is 3.49. The molecule has 0 unspecified atom stereocenters. The van der Waals surface area contributed by atoms with Gasteiger partial charge >= 0.3 is 0 Å². The molecule has 0 aromatic heterocycles. The van der Waals surface area contributed by atoms with E-state index in [0.717, 1.165) is 6.07 Å². The number of aldehydes is 1. The van der Waals surface area contributed by atoms with E-state index >= 15 is 0 Å². The average Bonchev–Trinajstić information content (AvgIpc) is 2.01. The number of carbonyl (C=O) groups is 1. The van der Waals surface area contributed by atoms with Crippen molar-refractivity contribution in [3.63, 3.8) is 0 Å². The lowest BCUT2D eigenvalue weighted by atomic mass is 10.2. The van der Waals surface area contributed by atoms with E-state index in [9.17, 15) is 13.6 Å². The first-order valence-corrected chi connectivity index (χ1v) is 4.03. The summed E-state index contributed by atoms with van der Waals surface area (Å²) >= 11 is 8.01. The Morgan fingerprint density at radius 3 is 2.58 bits per heavy atom. The Morgan fingerprint density at radius 1 is 1.50 bits per heavy atom. The topological polar surface area (TPSA) is 17.1 Å². The fourth-order valence-corrected chi connectivity index (χ4v) is 1.24. The molecule has 5 heteroatoms. The zero-order valence-corrected chi connectivity index (χ0v) is 7.92. The van der Waals surface area contributed by atoms with Crippen molar-refractivity contribution in [3.8, 4) is 0 Å². The van der Waals surface area contributed by atoms with Crippen molar-refractivity contribution in [1.29, 1.82) is 0 Å². The first kappa shape index (κ1) is 9.61. The van der Waals surface area contributed by atoms with Crippen LogP contribution in [0.15, 0.2) is 10.5 Å². The number of hydrogen-bond donors (Lipinski definition) is 0. The first-order chi connectivity index (χ1) is 5.57. The Labute approximate surface area is 80.5 Å². The highest BCUT2D eigenvalue weighted by Crippen LogP contribution is 2.27. The van der Waals surface area contributed by atoms with E-state index in [1.165, 1.54) is 0 Å². The van der Waals surface area contributed by atoms with Crippen LogP contribution in [0.25, 0.3) is 0 Å². The van der Waals surface area contributed by atoms with Crippen molar-refractivity contribution >= 4 is 33.8 Å². The lowest BCUT2D eigenvalue weighted by Crippen LogP contribution is -1.93. The summed E-state index contributed by atoms with van der Waals surface area (Å²) in [5, 5.41) is -0.233. The standard InChI is InChI=1S/C7H2BrClF2O/c8-6-5(10)1-4(9)3(2-12)7(6)11/h1-2H. The molecule has 0 saturated heterocycles. The highest BCUT2D eigenvalue weighted by atomic mass is 79.9. The molecule has 0 amide bonds. The van der Waals surface area contributed by atoms with Gasteiger partial charge in [-0.3, -0.25) is 4.79 Å². The highest BCUT2D eigenvalue weighted by Gasteiger charge is 2.14. The minimum Gasteiger partial charge on any atom is -0.298 e. The van der Waals surface area contributed by atoms with Crippen LogP contribution in [-0.4, -0.2) is 6.29 Å². The summed E-state index contributed by atoms with van der Waals surface area (Å²) in [6.07, 6.45) is 0.238. The van der Waals surface area contributed by atoms with Crippen LogP contribution >= 0.6 is 27.5 Å². The van der Waals surface area contributed by atoms with Crippen LogP contribution in [0.2, 0.25) is 5.02 Å². The SMILES string of the molecule is O=Cc1c(Cl)cc(F)c(Br)c1F. The lowest BCUT2D eigenvalue weighted by Gasteiger charge is -2.01. The maximum Gasteiger partial charge on any atom is 0.154 e. The third-order valence-corrected chi connectivity index (χ3v) is 2.31. The van der Waals surface area contributed by atoms with Crippen LogP contribution in [0.5, 0.6) is 0 Å². The third-order valence-electron chi connectivity index (χ3n) is 1.27. The average molecular weight is 255 g/mol. The molecule has 0 bridgehead atoms. The molecule has 0 aliphatic rings. The third kappa shape index (κ3) is 1.49. The summed E-state index contributed by atoms with van der Waals surface area (Å²) < 4.78 is 25.2. The second-order valence-corrected chi connectivity index (χ2v) is 3.20. The molecule has 12 heavy (non-hydrogen) atoms. The minimum atomic E-state index is -0.977. The van der Waals surface area contributed by atoms with Gasteiger partial charge in [0.1, 0.15) is 5.82 Å². The molecule has 0 spiro atoms. The van der Waals surface area contributed by atoms with Crippen LogP contribution in [0.3, 0.4) is 0 Å². The van der Waals surface area contributed by atoms with Gasteiger partial charge in [0.15, 0.2) is 12.1 Å². The summed E-state index contributed by atoms with van der Waals surface area (Å²) in [5.74, 6) is -1.81. The van der Waals surface area contributed by atoms with Crippen molar-refractivity contribution in [2.75, 3.05) is 0 Å². The molecule has 0 aliphatic carbocycles. The van der Waals surface area contributed by atoms with Crippen molar-refractivity contribution in [2.24, 2.45) is 0 Å². The van der Waals surface area contributed by atoms with Gasteiger partial charge in [-0.25, -0.2) is 8.78 Å². The van der Waals surface area contributed by atoms with Gasteiger partial charge in [0.2, 0.25) is 0 Å². The van der Waals surface area contributed by atoms with Gasteiger partial charge < -0.3 is 0 Å². The summed E-state index contributed by atoms with van der Waals surface area (Å²) in [5.41, 5.74) is -0.343. The monoisotopic (exact) mass is 254 g/mol. The smallest absolute Gasteiger partial charge is 0.154 e. The van der Waals surface area contributed by atoms with Crippen LogP contribution in [0.4, 0.5) is 8.78 Å². The van der Waals surface area contributed by atoms with Crippen molar-refractivity contribution in [2.45, 2.75) is 0 Å². The molecular formula is C7H2BrClF2O. The highest BCUT2D eigenvalue weighted by molar-refractivity contribution is 9.10. The van der Waals surface area contributed by atoms with E-state index in [0.29, 0.717) is 0 Å². The second-order valence-electron chi connectivity index (χ2n) is 2.00. The van der Waals surface area contributed by atoms with Crippen molar-refractivity contribution in [1.82, 2.24) is 0 Å². The predicted octanol–water partition coefficient (Wildman–Crippen LogP) is 3.19. The fraction of sp³-hybridized carbons (Fsp3) is 0. The predicted molar refractivity (Wildman–Crippen MR) is 44.5 cm³/mol. The van der Waals surface area contributed by atoms with Gasteiger partial charge in [0.25, 0.3) is 0 Å². The van der Waals surface area contributed by atoms with Gasteiger partial charge in [-0.2, -0.15) is 0 Å². The molecule has 0 radical (unpaired) electrons. The van der Waals surface area contributed by atoms with E-state index in [-0.39, 0.29) is 21.3 Å². The van der Waals surface area contributed by atoms with Crippen molar-refractivity contribution < 1.29 is 13.6 Å². The van der Waals surface area contributed by atoms with Crippen LogP contribution < -0.4 is 0 Å². The summed E-state index contributed by atoms with van der Waals surface area (Å²) in [6.45, 7) is 0. The van der Waals surface area contributed by atoms with E-state index in [4.69, 9.17) is 11.6 Å². The van der Waals surface area contributed by atoms with Gasteiger partial charge in [-0.1, -0.05) is 11.6 Å². The number of hydrogen-bond acceptors (Lipinski definition) is 1. The van der Waals surface area contributed by atoms with E-state index in [1.807, 2.05) is 0 Å². The Hall–Kier alpha value is -0.480.